The Morgan fingerprint density at radius 2 is 1.84 bits per heavy atom. The van der Waals surface area contributed by atoms with Gasteiger partial charge in [0.05, 0.1) is 19.8 Å². The minimum absolute atomic E-state index is 0.0367. The van der Waals surface area contributed by atoms with Gasteiger partial charge >= 0.3 is 0 Å². The van der Waals surface area contributed by atoms with E-state index in [0.717, 1.165) is 29.2 Å². The Bertz CT molecular complexity index is 669. The highest BCUT2D eigenvalue weighted by molar-refractivity contribution is 5.80. The van der Waals surface area contributed by atoms with E-state index in [0.29, 0.717) is 6.54 Å². The van der Waals surface area contributed by atoms with Gasteiger partial charge in [-0.05, 0) is 62.2 Å². The summed E-state index contributed by atoms with van der Waals surface area (Å²) in [5.74, 6) is 1.61. The molecule has 2 aromatic rings. The van der Waals surface area contributed by atoms with E-state index in [-0.39, 0.29) is 18.6 Å². The summed E-state index contributed by atoms with van der Waals surface area (Å²) in [5.41, 5.74) is 2.02. The summed E-state index contributed by atoms with van der Waals surface area (Å²) in [7, 11) is 1.65. The number of hydrogen-bond acceptors (Lipinski definition) is 4. The number of carbonyl (C=O) groups excluding carboxylic acids is 1. The van der Waals surface area contributed by atoms with Gasteiger partial charge < -0.3 is 20.1 Å². The standard InChI is InChI=1S/C20H26N2O3/c1-15(2)25-18-9-7-17(8-10-18)22-14-20(23)21-12-11-16-5-4-6-19(13-16)24-3/h4-10,13,15,22H,11-12,14H2,1-3H3,(H,21,23). The third-order valence-electron chi connectivity index (χ3n) is 3.55. The third-order valence-corrected chi connectivity index (χ3v) is 3.55. The highest BCUT2D eigenvalue weighted by Gasteiger charge is 2.03. The van der Waals surface area contributed by atoms with E-state index < -0.39 is 0 Å². The molecule has 2 rings (SSSR count). The smallest absolute Gasteiger partial charge is 0.239 e. The van der Waals surface area contributed by atoms with Crippen LogP contribution in [0.15, 0.2) is 48.5 Å². The number of ether oxygens (including phenoxy) is 2. The molecule has 0 saturated heterocycles. The van der Waals surface area contributed by atoms with Crippen molar-refractivity contribution in [2.24, 2.45) is 0 Å². The highest BCUT2D eigenvalue weighted by Crippen LogP contribution is 2.16. The fraction of sp³-hybridized carbons (Fsp3) is 0.350. The van der Waals surface area contributed by atoms with Gasteiger partial charge in [0.1, 0.15) is 11.5 Å². The Labute approximate surface area is 149 Å². The fourth-order valence-corrected chi connectivity index (χ4v) is 2.34. The molecule has 0 aliphatic carbocycles. The summed E-state index contributed by atoms with van der Waals surface area (Å²) >= 11 is 0. The van der Waals surface area contributed by atoms with Gasteiger partial charge in [-0.15, -0.1) is 0 Å². The lowest BCUT2D eigenvalue weighted by atomic mass is 10.1. The van der Waals surface area contributed by atoms with Crippen molar-refractivity contribution in [3.63, 3.8) is 0 Å². The average molecular weight is 342 g/mol. The van der Waals surface area contributed by atoms with E-state index in [2.05, 4.69) is 10.6 Å². The molecular weight excluding hydrogens is 316 g/mol. The van der Waals surface area contributed by atoms with Gasteiger partial charge in [0.2, 0.25) is 5.91 Å². The maximum absolute atomic E-state index is 11.9. The zero-order chi connectivity index (χ0) is 18.1. The number of nitrogens with one attached hydrogen (secondary N) is 2. The third kappa shape index (κ3) is 6.75. The Kier molecular flexibility index (Phi) is 7.14. The van der Waals surface area contributed by atoms with Crippen LogP contribution in [0.1, 0.15) is 19.4 Å². The lowest BCUT2D eigenvalue weighted by molar-refractivity contribution is -0.119. The molecule has 0 fully saturated rings. The van der Waals surface area contributed by atoms with Crippen LogP contribution >= 0.6 is 0 Å². The fourth-order valence-electron chi connectivity index (χ4n) is 2.34. The first-order valence-corrected chi connectivity index (χ1v) is 8.47. The summed E-state index contributed by atoms with van der Waals surface area (Å²) in [6.45, 7) is 4.81. The van der Waals surface area contributed by atoms with Gasteiger partial charge in [0, 0.05) is 12.2 Å². The molecule has 0 unspecified atom stereocenters. The molecule has 5 heteroatoms. The molecule has 0 aromatic heterocycles. The first-order valence-electron chi connectivity index (χ1n) is 8.47. The van der Waals surface area contributed by atoms with Crippen LogP contribution in [-0.2, 0) is 11.2 Å². The van der Waals surface area contributed by atoms with Gasteiger partial charge in [-0.2, -0.15) is 0 Å². The summed E-state index contributed by atoms with van der Waals surface area (Å²) in [4.78, 5) is 11.9. The van der Waals surface area contributed by atoms with E-state index in [1.165, 1.54) is 0 Å². The second-order valence-corrected chi connectivity index (χ2v) is 6.00. The molecule has 0 aliphatic heterocycles. The molecule has 0 atom stereocenters. The zero-order valence-corrected chi connectivity index (χ0v) is 15.0. The first kappa shape index (κ1) is 18.6. The van der Waals surface area contributed by atoms with Crippen LogP contribution < -0.4 is 20.1 Å². The van der Waals surface area contributed by atoms with Gasteiger partial charge in [0.25, 0.3) is 0 Å². The minimum Gasteiger partial charge on any atom is -0.497 e. The van der Waals surface area contributed by atoms with Crippen molar-refractivity contribution < 1.29 is 14.3 Å². The van der Waals surface area contributed by atoms with Crippen molar-refractivity contribution in [2.45, 2.75) is 26.4 Å². The Balaban J connectivity index is 1.69. The van der Waals surface area contributed by atoms with Crippen LogP contribution in [-0.4, -0.2) is 32.2 Å². The number of rotatable bonds is 9. The molecule has 0 aliphatic rings. The van der Waals surface area contributed by atoms with Gasteiger partial charge in [-0.1, -0.05) is 12.1 Å². The van der Waals surface area contributed by atoms with Crippen molar-refractivity contribution in [2.75, 3.05) is 25.5 Å². The van der Waals surface area contributed by atoms with Crippen LogP contribution in [0.4, 0.5) is 5.69 Å². The van der Waals surface area contributed by atoms with Crippen LogP contribution in [0.5, 0.6) is 11.5 Å². The van der Waals surface area contributed by atoms with Gasteiger partial charge in [-0.3, -0.25) is 4.79 Å². The second kappa shape index (κ2) is 9.57. The maximum Gasteiger partial charge on any atom is 0.239 e. The lowest BCUT2D eigenvalue weighted by Crippen LogP contribution is -2.31. The molecule has 0 bridgehead atoms. The summed E-state index contributed by atoms with van der Waals surface area (Å²) in [5, 5.41) is 6.01. The largest absolute Gasteiger partial charge is 0.497 e. The highest BCUT2D eigenvalue weighted by atomic mass is 16.5. The van der Waals surface area contributed by atoms with Crippen molar-refractivity contribution in [3.05, 3.63) is 54.1 Å². The number of carbonyl (C=O) groups is 1. The predicted octanol–water partition coefficient (Wildman–Crippen LogP) is 3.25. The van der Waals surface area contributed by atoms with E-state index >= 15 is 0 Å². The predicted molar refractivity (Wildman–Crippen MR) is 100 cm³/mol. The number of methoxy groups -OCH3 is 1. The molecule has 134 valence electrons. The minimum atomic E-state index is -0.0367. The SMILES string of the molecule is COc1cccc(CCNC(=O)CNc2ccc(OC(C)C)cc2)c1. The molecule has 2 N–H and O–H groups in total. The normalized spacial score (nSPS) is 10.4. The maximum atomic E-state index is 11.9. The molecule has 2 aromatic carbocycles. The average Bonchev–Trinajstić information content (AvgIpc) is 2.61. The van der Waals surface area contributed by atoms with E-state index in [1.54, 1.807) is 7.11 Å². The van der Waals surface area contributed by atoms with Crippen molar-refractivity contribution in [1.29, 1.82) is 0 Å². The molecule has 5 nitrogen and oxygen atoms in total. The summed E-state index contributed by atoms with van der Waals surface area (Å²) < 4.78 is 10.8. The van der Waals surface area contributed by atoms with E-state index in [4.69, 9.17) is 9.47 Å². The van der Waals surface area contributed by atoms with Crippen molar-refractivity contribution >= 4 is 11.6 Å². The number of hydrogen-bond donors (Lipinski definition) is 2. The van der Waals surface area contributed by atoms with Crippen LogP contribution in [0.2, 0.25) is 0 Å². The summed E-state index contributed by atoms with van der Waals surface area (Å²) in [6, 6.07) is 15.4. The Morgan fingerprint density at radius 1 is 1.08 bits per heavy atom. The van der Waals surface area contributed by atoms with E-state index in [1.807, 2.05) is 62.4 Å². The van der Waals surface area contributed by atoms with Gasteiger partial charge in [-0.25, -0.2) is 0 Å². The molecule has 0 spiro atoms. The molecule has 1 amide bonds. The summed E-state index contributed by atoms with van der Waals surface area (Å²) in [6.07, 6.45) is 0.915. The zero-order valence-electron chi connectivity index (χ0n) is 15.0. The molecule has 0 saturated carbocycles. The van der Waals surface area contributed by atoms with Crippen LogP contribution in [0.3, 0.4) is 0 Å². The Morgan fingerprint density at radius 3 is 2.52 bits per heavy atom. The topological polar surface area (TPSA) is 59.6 Å². The first-order chi connectivity index (χ1) is 12.1. The van der Waals surface area contributed by atoms with Crippen molar-refractivity contribution in [1.82, 2.24) is 5.32 Å². The monoisotopic (exact) mass is 342 g/mol. The molecule has 0 heterocycles. The van der Waals surface area contributed by atoms with Crippen LogP contribution in [0.25, 0.3) is 0 Å². The molecular formula is C20H26N2O3. The van der Waals surface area contributed by atoms with Crippen molar-refractivity contribution in [3.8, 4) is 11.5 Å². The molecule has 25 heavy (non-hydrogen) atoms. The molecule has 0 radical (unpaired) electrons. The number of anilines is 1. The number of benzene rings is 2. The second-order valence-electron chi connectivity index (χ2n) is 6.00. The van der Waals surface area contributed by atoms with Gasteiger partial charge in [0.15, 0.2) is 0 Å². The van der Waals surface area contributed by atoms with E-state index in [9.17, 15) is 4.79 Å². The number of amides is 1. The Hall–Kier alpha value is -2.69. The lowest BCUT2D eigenvalue weighted by Gasteiger charge is -2.11. The quantitative estimate of drug-likeness (QED) is 0.734. The van der Waals surface area contributed by atoms with Crippen LogP contribution in [0, 0.1) is 0 Å².